The number of likely N-dealkylation sites (tertiary alicyclic amines) is 1. The first-order valence-corrected chi connectivity index (χ1v) is 17.6. The highest BCUT2D eigenvalue weighted by Crippen LogP contribution is 2.59. The second kappa shape index (κ2) is 10.9. The summed E-state index contributed by atoms with van der Waals surface area (Å²) in [6, 6.07) is 7.02. The van der Waals surface area contributed by atoms with Crippen LogP contribution in [0.3, 0.4) is 0 Å². The molecule has 10 nitrogen and oxygen atoms in total. The number of hydrogen-bond acceptors (Lipinski definition) is 6. The van der Waals surface area contributed by atoms with Crippen LogP contribution < -0.4 is 5.32 Å². The quantitative estimate of drug-likeness (QED) is 0.335. The number of thiophene rings is 1. The lowest BCUT2D eigenvalue weighted by molar-refractivity contribution is -0.149. The number of nitrogens with zero attached hydrogens (tertiary/aromatic N) is 3. The van der Waals surface area contributed by atoms with E-state index < -0.39 is 36.8 Å². The van der Waals surface area contributed by atoms with Crippen LogP contribution in [0.5, 0.6) is 0 Å². The fraction of sp³-hybridized carbons (Fsp3) is 0.484. The third-order valence-electron chi connectivity index (χ3n) is 9.91. The number of rotatable bonds is 6. The SMILES string of the molecule is Cc1cccnc1C1CN(C(=O)[C@@H]2CC[C@@H]3C[C@@H]4C[C@@H]4C[C@H](NC(=O)c4cc5cc(C(F)(F)P(=O)(O)O)ccc5s4)C(=O)N32)C1. The Morgan fingerprint density at radius 3 is 2.58 bits per heavy atom. The van der Waals surface area contributed by atoms with Crippen LogP contribution in [0.25, 0.3) is 10.1 Å². The van der Waals surface area contributed by atoms with Crippen molar-refractivity contribution in [1.82, 2.24) is 20.1 Å². The maximum Gasteiger partial charge on any atom is 0.399 e. The van der Waals surface area contributed by atoms with E-state index in [0.717, 1.165) is 54.0 Å². The first-order valence-electron chi connectivity index (χ1n) is 15.1. The molecule has 4 fully saturated rings. The average Bonchev–Trinajstić information content (AvgIpc) is 3.34. The molecule has 3 aromatic rings. The Labute approximate surface area is 262 Å². The van der Waals surface area contributed by atoms with E-state index >= 15 is 0 Å². The van der Waals surface area contributed by atoms with Gasteiger partial charge in [0.15, 0.2) is 0 Å². The minimum absolute atomic E-state index is 0.0605. The van der Waals surface area contributed by atoms with Gasteiger partial charge >= 0.3 is 13.3 Å². The molecular weight excluding hydrogens is 625 g/mol. The van der Waals surface area contributed by atoms with Gasteiger partial charge in [-0.15, -0.1) is 11.3 Å². The molecule has 3 N–H and O–H groups in total. The van der Waals surface area contributed by atoms with Crippen LogP contribution >= 0.6 is 18.9 Å². The molecule has 45 heavy (non-hydrogen) atoms. The number of alkyl halides is 2. The Morgan fingerprint density at radius 1 is 1.09 bits per heavy atom. The molecule has 1 aromatic carbocycles. The molecule has 0 bridgehead atoms. The van der Waals surface area contributed by atoms with E-state index in [9.17, 15) is 27.7 Å². The molecule has 3 aliphatic heterocycles. The number of nitrogens with one attached hydrogen (secondary N) is 1. The second-order valence-electron chi connectivity index (χ2n) is 12.8. The van der Waals surface area contributed by atoms with Crippen molar-refractivity contribution < 1.29 is 37.5 Å². The van der Waals surface area contributed by atoms with Crippen LogP contribution in [0.2, 0.25) is 0 Å². The zero-order chi connectivity index (χ0) is 31.8. The van der Waals surface area contributed by atoms with Gasteiger partial charge in [-0.25, -0.2) is 0 Å². The summed E-state index contributed by atoms with van der Waals surface area (Å²) in [6.45, 7) is 3.12. The number of amides is 3. The van der Waals surface area contributed by atoms with Crippen LogP contribution in [0.15, 0.2) is 42.6 Å². The first kappa shape index (κ1) is 30.4. The van der Waals surface area contributed by atoms with Crippen LogP contribution in [-0.2, 0) is 19.8 Å². The molecule has 2 aromatic heterocycles. The maximum absolute atomic E-state index is 14.3. The summed E-state index contributed by atoms with van der Waals surface area (Å²) in [5.41, 5.74) is -3.14. The maximum atomic E-state index is 14.3. The molecule has 0 radical (unpaired) electrons. The molecule has 238 valence electrons. The second-order valence-corrected chi connectivity index (χ2v) is 15.6. The van der Waals surface area contributed by atoms with Gasteiger partial charge in [0, 0.05) is 47.2 Å². The topological polar surface area (TPSA) is 140 Å². The smallest absolute Gasteiger partial charge is 0.340 e. The number of halogens is 2. The van der Waals surface area contributed by atoms with Crippen LogP contribution in [0, 0.1) is 18.8 Å². The predicted octanol–water partition coefficient (Wildman–Crippen LogP) is 4.35. The van der Waals surface area contributed by atoms with Gasteiger partial charge in [-0.1, -0.05) is 12.1 Å². The van der Waals surface area contributed by atoms with Crippen LogP contribution in [-0.4, -0.2) is 73.5 Å². The lowest BCUT2D eigenvalue weighted by atomic mass is 9.92. The lowest BCUT2D eigenvalue weighted by Crippen LogP contribution is -2.59. The number of fused-ring (bicyclic) bond motifs is 3. The van der Waals surface area contributed by atoms with Gasteiger partial charge in [-0.3, -0.25) is 23.9 Å². The number of carbonyl (C=O) groups is 3. The van der Waals surface area contributed by atoms with Gasteiger partial charge in [0.2, 0.25) is 11.8 Å². The third kappa shape index (κ3) is 5.37. The molecule has 0 unspecified atom stereocenters. The van der Waals surface area contributed by atoms with Crippen molar-refractivity contribution in [1.29, 1.82) is 0 Å². The molecule has 5 atom stereocenters. The number of aromatic nitrogens is 1. The standard InChI is InChI=1S/C31H33F2N4O6PS/c1-16-3-2-8-34-27(16)20-14-36(15-20)30(40)24-6-5-22-11-17-9-18(17)12-23(29(39)37(22)24)35-28(38)26-13-19-10-21(4-7-25(19)45-26)31(32,33)44(41,42)43/h2-4,7-8,10,13,17-18,20,22-24H,5-6,9,11-12,14-15H2,1H3,(H,35,38)(H2,41,42,43)/t17-,18+,22+,23-,24-/m0/s1. The van der Waals surface area contributed by atoms with Crippen molar-refractivity contribution in [3.05, 3.63) is 64.3 Å². The molecule has 1 saturated carbocycles. The minimum atomic E-state index is -5.75. The Kier molecular flexibility index (Phi) is 7.39. The van der Waals surface area contributed by atoms with Gasteiger partial charge in [-0.2, -0.15) is 8.78 Å². The highest BCUT2D eigenvalue weighted by atomic mass is 32.1. The van der Waals surface area contributed by atoms with Gasteiger partial charge in [0.25, 0.3) is 5.91 Å². The van der Waals surface area contributed by atoms with E-state index in [0.29, 0.717) is 42.5 Å². The summed E-state index contributed by atoms with van der Waals surface area (Å²) in [6.07, 6.45) is 5.37. The van der Waals surface area contributed by atoms with E-state index in [1.807, 2.05) is 19.1 Å². The molecular formula is C31H33F2N4O6PS. The van der Waals surface area contributed by atoms with Crippen LogP contribution in [0.4, 0.5) is 8.78 Å². The van der Waals surface area contributed by atoms with E-state index in [4.69, 9.17) is 9.79 Å². The van der Waals surface area contributed by atoms with Crippen LogP contribution in [0.1, 0.15) is 64.5 Å². The monoisotopic (exact) mass is 658 g/mol. The van der Waals surface area contributed by atoms with Gasteiger partial charge < -0.3 is 24.9 Å². The van der Waals surface area contributed by atoms with E-state index in [1.54, 1.807) is 16.0 Å². The Morgan fingerprint density at radius 2 is 1.84 bits per heavy atom. The third-order valence-corrected chi connectivity index (χ3v) is 12.0. The normalized spacial score (nSPS) is 27.0. The molecule has 4 aliphatic rings. The molecule has 5 heterocycles. The van der Waals surface area contributed by atoms with E-state index in [-0.39, 0.29) is 34.0 Å². The number of pyridine rings is 1. The van der Waals surface area contributed by atoms with Crippen molar-refractivity contribution in [2.75, 3.05) is 13.1 Å². The Hall–Kier alpha value is -3.25. The average molecular weight is 659 g/mol. The molecule has 14 heteroatoms. The summed E-state index contributed by atoms with van der Waals surface area (Å²) in [7, 11) is -5.75. The van der Waals surface area contributed by atoms with Crippen molar-refractivity contribution >= 4 is 46.7 Å². The predicted molar refractivity (Wildman–Crippen MR) is 162 cm³/mol. The van der Waals surface area contributed by atoms with E-state index in [1.165, 1.54) is 12.1 Å². The highest BCUT2D eigenvalue weighted by molar-refractivity contribution is 7.52. The Bertz CT molecular complexity index is 1760. The summed E-state index contributed by atoms with van der Waals surface area (Å²) in [4.78, 5) is 67.7. The molecule has 0 spiro atoms. The van der Waals surface area contributed by atoms with Crippen molar-refractivity contribution in [3.63, 3.8) is 0 Å². The van der Waals surface area contributed by atoms with Gasteiger partial charge in [0.05, 0.1) is 4.88 Å². The van der Waals surface area contributed by atoms with Crippen molar-refractivity contribution in [2.24, 2.45) is 11.8 Å². The zero-order valence-corrected chi connectivity index (χ0v) is 26.1. The Balaban J connectivity index is 1.08. The molecule has 3 saturated heterocycles. The minimum Gasteiger partial charge on any atom is -0.340 e. The number of benzene rings is 1. The number of carbonyl (C=O) groups excluding carboxylic acids is 3. The molecule has 7 rings (SSSR count). The molecule has 3 amide bonds. The van der Waals surface area contributed by atoms with Crippen molar-refractivity contribution in [3.8, 4) is 0 Å². The summed E-state index contributed by atoms with van der Waals surface area (Å²) in [5, 5.41) is 3.12. The fourth-order valence-corrected chi connectivity index (χ4v) is 8.76. The largest absolute Gasteiger partial charge is 0.399 e. The summed E-state index contributed by atoms with van der Waals surface area (Å²) < 4.78 is 40.4. The van der Waals surface area contributed by atoms with Gasteiger partial charge in [0.1, 0.15) is 12.1 Å². The summed E-state index contributed by atoms with van der Waals surface area (Å²) in [5.74, 6) is 0.0464. The fourth-order valence-electron chi connectivity index (χ4n) is 7.34. The molecule has 1 aliphatic carbocycles. The number of aryl methyl sites for hydroxylation is 1. The number of hydrogen-bond donors (Lipinski definition) is 3. The lowest BCUT2D eigenvalue weighted by Gasteiger charge is -2.43. The summed E-state index contributed by atoms with van der Waals surface area (Å²) >= 11 is 1.04. The highest BCUT2D eigenvalue weighted by Gasteiger charge is 2.53. The zero-order valence-electron chi connectivity index (χ0n) is 24.4. The van der Waals surface area contributed by atoms with E-state index in [2.05, 4.69) is 10.3 Å². The van der Waals surface area contributed by atoms with Gasteiger partial charge in [-0.05, 0) is 86.1 Å². The first-order chi connectivity index (χ1) is 21.3. The van der Waals surface area contributed by atoms with Crippen molar-refractivity contribution in [2.45, 2.75) is 68.7 Å².